The van der Waals surface area contributed by atoms with Crippen molar-refractivity contribution in [3.8, 4) is 0 Å². The fourth-order valence-corrected chi connectivity index (χ4v) is 2.49. The molecule has 1 rings (SSSR count). The highest BCUT2D eigenvalue weighted by molar-refractivity contribution is 5.78. The third-order valence-corrected chi connectivity index (χ3v) is 4.01. The maximum atomic E-state index is 11.1. The Morgan fingerprint density at radius 3 is 2.79 bits per heavy atom. The predicted octanol–water partition coefficient (Wildman–Crippen LogP) is 1.46. The first-order chi connectivity index (χ1) is 8.98. The summed E-state index contributed by atoms with van der Waals surface area (Å²) in [5.74, 6) is -0.895. The molecule has 2 unspecified atom stereocenters. The lowest BCUT2D eigenvalue weighted by molar-refractivity contribution is -0.143. The van der Waals surface area contributed by atoms with Crippen molar-refractivity contribution in [2.45, 2.75) is 57.1 Å². The zero-order valence-corrected chi connectivity index (χ0v) is 12.2. The topological polar surface area (TPSA) is 75.8 Å². The minimum absolute atomic E-state index is 0.340. The van der Waals surface area contributed by atoms with Gasteiger partial charge in [-0.15, -0.1) is 0 Å². The second-order valence-electron chi connectivity index (χ2n) is 5.67. The Morgan fingerprint density at radius 2 is 2.26 bits per heavy atom. The van der Waals surface area contributed by atoms with Crippen molar-refractivity contribution in [3.05, 3.63) is 0 Å². The van der Waals surface area contributed by atoms with Crippen molar-refractivity contribution in [1.29, 1.82) is 0 Å². The van der Waals surface area contributed by atoms with Crippen molar-refractivity contribution < 1.29 is 14.6 Å². The minimum Gasteiger partial charge on any atom is -0.480 e. The second kappa shape index (κ2) is 7.82. The minimum atomic E-state index is -1.07. The van der Waals surface area contributed by atoms with E-state index in [9.17, 15) is 4.79 Å². The normalized spacial score (nSPS) is 23.3. The maximum Gasteiger partial charge on any atom is 0.323 e. The average Bonchev–Trinajstić information content (AvgIpc) is 2.39. The molecule has 0 saturated carbocycles. The number of nitrogens with two attached hydrogens (primary N) is 1. The van der Waals surface area contributed by atoms with Crippen LogP contribution < -0.4 is 5.73 Å². The molecule has 1 aliphatic rings. The van der Waals surface area contributed by atoms with Gasteiger partial charge in [0.15, 0.2) is 0 Å². The van der Waals surface area contributed by atoms with Gasteiger partial charge in [0.25, 0.3) is 0 Å². The van der Waals surface area contributed by atoms with Crippen molar-refractivity contribution in [2.24, 2.45) is 5.73 Å². The van der Waals surface area contributed by atoms with E-state index in [0.717, 1.165) is 32.5 Å². The van der Waals surface area contributed by atoms with E-state index in [0.29, 0.717) is 18.9 Å². The molecule has 0 aromatic carbocycles. The molecule has 0 bridgehead atoms. The fourth-order valence-electron chi connectivity index (χ4n) is 2.49. The first kappa shape index (κ1) is 16.4. The van der Waals surface area contributed by atoms with Gasteiger partial charge in [-0.05, 0) is 52.1 Å². The van der Waals surface area contributed by atoms with Gasteiger partial charge in [0.1, 0.15) is 5.54 Å². The van der Waals surface area contributed by atoms with Gasteiger partial charge in [-0.3, -0.25) is 4.79 Å². The number of carboxylic acid groups (broad SMARTS) is 1. The van der Waals surface area contributed by atoms with Crippen molar-refractivity contribution in [2.75, 3.05) is 26.7 Å². The highest BCUT2D eigenvalue weighted by Crippen LogP contribution is 2.16. The van der Waals surface area contributed by atoms with Crippen LogP contribution in [0.15, 0.2) is 0 Å². The van der Waals surface area contributed by atoms with Gasteiger partial charge in [-0.25, -0.2) is 0 Å². The summed E-state index contributed by atoms with van der Waals surface area (Å²) >= 11 is 0. The van der Waals surface area contributed by atoms with E-state index in [4.69, 9.17) is 15.6 Å². The van der Waals surface area contributed by atoms with Crippen molar-refractivity contribution in [1.82, 2.24) is 4.90 Å². The Bertz CT molecular complexity index is 280. The second-order valence-corrected chi connectivity index (χ2v) is 5.67. The smallest absolute Gasteiger partial charge is 0.323 e. The van der Waals surface area contributed by atoms with E-state index in [1.165, 1.54) is 12.8 Å². The van der Waals surface area contributed by atoms with E-state index >= 15 is 0 Å². The van der Waals surface area contributed by atoms with Gasteiger partial charge >= 0.3 is 5.97 Å². The van der Waals surface area contributed by atoms with Gasteiger partial charge in [-0.1, -0.05) is 6.92 Å². The zero-order chi connectivity index (χ0) is 14.3. The number of carbonyl (C=O) groups is 1. The maximum absolute atomic E-state index is 11.1. The third kappa shape index (κ3) is 5.47. The molecule has 112 valence electrons. The van der Waals surface area contributed by atoms with Gasteiger partial charge in [-0.2, -0.15) is 0 Å². The summed E-state index contributed by atoms with van der Waals surface area (Å²) in [6.07, 6.45) is 5.69. The van der Waals surface area contributed by atoms with Gasteiger partial charge in [0.2, 0.25) is 0 Å². The lowest BCUT2D eigenvalue weighted by Gasteiger charge is -2.28. The standard InChI is InChI=1S/C14H28N2O3/c1-3-14(15,13(17)18)8-6-9-16(2)11-12-7-4-5-10-19-12/h12H,3-11,15H2,1-2H3,(H,17,18). The Morgan fingerprint density at radius 1 is 1.53 bits per heavy atom. The van der Waals surface area contributed by atoms with Crippen LogP contribution in [0.1, 0.15) is 45.4 Å². The molecule has 19 heavy (non-hydrogen) atoms. The molecule has 1 heterocycles. The molecule has 0 radical (unpaired) electrons. The Balaban J connectivity index is 2.22. The predicted molar refractivity (Wildman–Crippen MR) is 75.2 cm³/mol. The van der Waals surface area contributed by atoms with Gasteiger partial charge in [0, 0.05) is 13.2 Å². The van der Waals surface area contributed by atoms with Crippen LogP contribution in [0.3, 0.4) is 0 Å². The summed E-state index contributed by atoms with van der Waals surface area (Å²) in [4.78, 5) is 13.3. The van der Waals surface area contributed by atoms with Gasteiger partial charge in [0.05, 0.1) is 6.10 Å². The Labute approximate surface area is 116 Å². The number of hydrogen-bond donors (Lipinski definition) is 2. The van der Waals surface area contributed by atoms with Crippen LogP contribution in [0.4, 0.5) is 0 Å². The molecular weight excluding hydrogens is 244 g/mol. The number of likely N-dealkylation sites (N-methyl/N-ethyl adjacent to an activating group) is 1. The lowest BCUT2D eigenvalue weighted by atomic mass is 9.92. The average molecular weight is 272 g/mol. The third-order valence-electron chi connectivity index (χ3n) is 4.01. The highest BCUT2D eigenvalue weighted by atomic mass is 16.5. The first-order valence-electron chi connectivity index (χ1n) is 7.30. The number of aliphatic carboxylic acids is 1. The SMILES string of the molecule is CCC(N)(CCCN(C)CC1CCCCO1)C(=O)O. The fraction of sp³-hybridized carbons (Fsp3) is 0.929. The van der Waals surface area contributed by atoms with Crippen LogP contribution in [0, 0.1) is 0 Å². The van der Waals surface area contributed by atoms with E-state index in [1.807, 2.05) is 6.92 Å². The Kier molecular flexibility index (Phi) is 6.75. The number of ether oxygens (including phenoxy) is 1. The lowest BCUT2D eigenvalue weighted by Crippen LogP contribution is -2.47. The first-order valence-corrected chi connectivity index (χ1v) is 7.30. The van der Waals surface area contributed by atoms with Crippen LogP contribution in [0.25, 0.3) is 0 Å². The van der Waals surface area contributed by atoms with Crippen LogP contribution in [0.5, 0.6) is 0 Å². The van der Waals surface area contributed by atoms with Gasteiger partial charge < -0.3 is 20.5 Å². The molecule has 5 nitrogen and oxygen atoms in total. The highest BCUT2D eigenvalue weighted by Gasteiger charge is 2.31. The zero-order valence-electron chi connectivity index (χ0n) is 12.2. The van der Waals surface area contributed by atoms with Crippen LogP contribution in [-0.2, 0) is 9.53 Å². The van der Waals surface area contributed by atoms with Crippen LogP contribution in [0.2, 0.25) is 0 Å². The molecule has 2 atom stereocenters. The largest absolute Gasteiger partial charge is 0.480 e. The van der Waals surface area contributed by atoms with Crippen LogP contribution in [-0.4, -0.2) is 54.4 Å². The van der Waals surface area contributed by atoms with E-state index in [1.54, 1.807) is 0 Å². The quantitative estimate of drug-likeness (QED) is 0.699. The van der Waals surface area contributed by atoms with Crippen LogP contribution >= 0.6 is 0 Å². The van der Waals surface area contributed by atoms with E-state index < -0.39 is 11.5 Å². The molecule has 3 N–H and O–H groups in total. The van der Waals surface area contributed by atoms with Crippen molar-refractivity contribution in [3.63, 3.8) is 0 Å². The summed E-state index contributed by atoms with van der Waals surface area (Å²) in [6.45, 7) is 4.50. The summed E-state index contributed by atoms with van der Waals surface area (Å²) in [6, 6.07) is 0. The number of hydrogen-bond acceptors (Lipinski definition) is 4. The molecule has 1 aliphatic heterocycles. The molecular formula is C14H28N2O3. The molecule has 5 heteroatoms. The summed E-state index contributed by atoms with van der Waals surface area (Å²) in [5, 5.41) is 9.10. The number of carboxylic acids is 1. The molecule has 0 aromatic heterocycles. The van der Waals surface area contributed by atoms with Crippen molar-refractivity contribution >= 4 is 5.97 Å². The summed E-state index contributed by atoms with van der Waals surface area (Å²) in [7, 11) is 2.06. The Hall–Kier alpha value is -0.650. The molecule has 0 spiro atoms. The molecule has 0 amide bonds. The van der Waals surface area contributed by atoms with E-state index in [-0.39, 0.29) is 0 Å². The monoisotopic (exact) mass is 272 g/mol. The molecule has 1 fully saturated rings. The number of nitrogens with zero attached hydrogens (tertiary/aromatic N) is 1. The molecule has 1 saturated heterocycles. The summed E-state index contributed by atoms with van der Waals surface area (Å²) < 4.78 is 5.69. The van der Waals surface area contributed by atoms with E-state index in [2.05, 4.69) is 11.9 Å². The molecule has 0 aliphatic carbocycles. The molecule has 0 aromatic rings. The number of rotatable bonds is 8. The summed E-state index contributed by atoms with van der Waals surface area (Å²) in [5.41, 5.74) is 4.80.